The Morgan fingerprint density at radius 3 is 2.74 bits per heavy atom. The monoisotopic (exact) mass is 325 g/mol. The number of aromatic nitrogens is 2. The number of hydrogen-bond donors (Lipinski definition) is 0. The lowest BCUT2D eigenvalue weighted by molar-refractivity contribution is -0.385. The predicted octanol–water partition coefficient (Wildman–Crippen LogP) is 2.95. The van der Waals surface area contributed by atoms with Gasteiger partial charge in [0.2, 0.25) is 5.88 Å². The van der Waals surface area contributed by atoms with E-state index in [9.17, 15) is 10.1 Å². The van der Waals surface area contributed by atoms with Gasteiger partial charge in [0, 0.05) is 6.07 Å². The summed E-state index contributed by atoms with van der Waals surface area (Å²) in [6.45, 7) is 0. The number of nitro benzene ring substituents is 1. The van der Waals surface area contributed by atoms with Gasteiger partial charge in [-0.15, -0.1) is 0 Å². The maximum Gasteiger partial charge on any atom is 0.314 e. The van der Waals surface area contributed by atoms with Crippen LogP contribution >= 0.6 is 15.9 Å². The summed E-state index contributed by atoms with van der Waals surface area (Å²) in [5, 5.41) is 10.9. The average molecular weight is 326 g/mol. The van der Waals surface area contributed by atoms with Gasteiger partial charge in [-0.3, -0.25) is 10.1 Å². The fraction of sp³-hybridized carbons (Fsp3) is 0.0909. The van der Waals surface area contributed by atoms with Crippen molar-refractivity contribution in [3.8, 4) is 17.4 Å². The van der Waals surface area contributed by atoms with Crippen molar-refractivity contribution in [1.82, 2.24) is 9.97 Å². The molecule has 7 nitrogen and oxygen atoms in total. The highest BCUT2D eigenvalue weighted by molar-refractivity contribution is 9.10. The molecule has 0 saturated carbocycles. The molecule has 0 unspecified atom stereocenters. The highest BCUT2D eigenvalue weighted by Crippen LogP contribution is 2.32. The molecule has 2 rings (SSSR count). The van der Waals surface area contributed by atoms with Crippen LogP contribution in [0.3, 0.4) is 0 Å². The van der Waals surface area contributed by atoms with Crippen LogP contribution in [0.5, 0.6) is 17.4 Å². The van der Waals surface area contributed by atoms with Crippen molar-refractivity contribution in [1.29, 1.82) is 0 Å². The fourth-order valence-corrected chi connectivity index (χ4v) is 1.66. The van der Waals surface area contributed by atoms with Gasteiger partial charge in [-0.1, -0.05) is 0 Å². The maximum atomic E-state index is 10.9. The molecule has 0 atom stereocenters. The Balaban J connectivity index is 2.31. The molecule has 1 aromatic carbocycles. The Morgan fingerprint density at radius 2 is 2.11 bits per heavy atom. The summed E-state index contributed by atoms with van der Waals surface area (Å²) in [5.74, 6) is 0.737. The topological polar surface area (TPSA) is 87.4 Å². The first-order valence-corrected chi connectivity index (χ1v) is 5.87. The molecule has 0 aliphatic carbocycles. The third kappa shape index (κ3) is 3.16. The van der Waals surface area contributed by atoms with Gasteiger partial charge in [-0.25, -0.2) is 9.97 Å². The van der Waals surface area contributed by atoms with E-state index < -0.39 is 4.92 Å². The minimum absolute atomic E-state index is 0.168. The normalized spacial score (nSPS) is 10.0. The molecule has 0 amide bonds. The smallest absolute Gasteiger partial charge is 0.314 e. The molecule has 0 bridgehead atoms. The lowest BCUT2D eigenvalue weighted by Gasteiger charge is -2.06. The summed E-state index contributed by atoms with van der Waals surface area (Å²) < 4.78 is 10.9. The van der Waals surface area contributed by atoms with Crippen LogP contribution in [0.4, 0.5) is 5.69 Å². The van der Waals surface area contributed by atoms with Gasteiger partial charge >= 0.3 is 5.69 Å². The summed E-state index contributed by atoms with van der Waals surface area (Å²) in [7, 11) is 1.37. The van der Waals surface area contributed by atoms with Crippen molar-refractivity contribution < 1.29 is 14.4 Å². The van der Waals surface area contributed by atoms with E-state index in [1.807, 2.05) is 0 Å². The third-order valence-electron chi connectivity index (χ3n) is 2.18. The van der Waals surface area contributed by atoms with E-state index in [1.165, 1.54) is 25.6 Å². The quantitative estimate of drug-likeness (QED) is 0.488. The zero-order valence-corrected chi connectivity index (χ0v) is 11.3. The highest BCUT2D eigenvalue weighted by atomic mass is 79.9. The third-order valence-corrected chi connectivity index (χ3v) is 2.61. The van der Waals surface area contributed by atoms with Gasteiger partial charge in [0.1, 0.15) is 16.7 Å². The first-order chi connectivity index (χ1) is 9.10. The molecule has 19 heavy (non-hydrogen) atoms. The molecule has 0 N–H and O–H groups in total. The Hall–Kier alpha value is -2.22. The second-order valence-electron chi connectivity index (χ2n) is 3.37. The van der Waals surface area contributed by atoms with E-state index in [1.54, 1.807) is 12.1 Å². The molecule has 0 fully saturated rings. The molecular formula is C11H8BrN3O4. The van der Waals surface area contributed by atoms with E-state index in [-0.39, 0.29) is 23.1 Å². The molecule has 1 aromatic heterocycles. The maximum absolute atomic E-state index is 10.9. The van der Waals surface area contributed by atoms with Gasteiger partial charge in [0.05, 0.1) is 18.1 Å². The first-order valence-electron chi connectivity index (χ1n) is 5.08. The van der Waals surface area contributed by atoms with Crippen molar-refractivity contribution in [3.63, 3.8) is 0 Å². The van der Waals surface area contributed by atoms with Crippen LogP contribution in [-0.2, 0) is 0 Å². The predicted molar refractivity (Wildman–Crippen MR) is 69.5 cm³/mol. The second-order valence-corrected chi connectivity index (χ2v) is 4.18. The molecule has 1 heterocycles. The van der Waals surface area contributed by atoms with Crippen LogP contribution < -0.4 is 9.47 Å². The van der Waals surface area contributed by atoms with Crippen molar-refractivity contribution in [2.24, 2.45) is 0 Å². The molecule has 0 aliphatic rings. The standard InChI is InChI=1S/C11H8BrN3O4/c1-18-9-3-2-7(4-8(9)15(16)17)19-11-5-10(12)13-6-14-11/h2-6H,1H3. The van der Waals surface area contributed by atoms with Crippen LogP contribution in [0.15, 0.2) is 35.2 Å². The number of methoxy groups -OCH3 is 1. The Kier molecular flexibility index (Phi) is 3.91. The Labute approximate surface area is 116 Å². The van der Waals surface area contributed by atoms with E-state index in [0.717, 1.165) is 0 Å². The lowest BCUT2D eigenvalue weighted by Crippen LogP contribution is -1.95. The molecular weight excluding hydrogens is 318 g/mol. The van der Waals surface area contributed by atoms with E-state index in [2.05, 4.69) is 25.9 Å². The van der Waals surface area contributed by atoms with Crippen LogP contribution in [0.1, 0.15) is 0 Å². The lowest BCUT2D eigenvalue weighted by atomic mass is 10.3. The van der Waals surface area contributed by atoms with Gasteiger partial charge in [-0.2, -0.15) is 0 Å². The summed E-state index contributed by atoms with van der Waals surface area (Å²) in [4.78, 5) is 18.1. The van der Waals surface area contributed by atoms with E-state index in [0.29, 0.717) is 4.60 Å². The summed E-state index contributed by atoms with van der Waals surface area (Å²) in [5.41, 5.74) is -0.173. The molecule has 0 saturated heterocycles. The Morgan fingerprint density at radius 1 is 1.32 bits per heavy atom. The molecule has 98 valence electrons. The number of nitrogens with zero attached hydrogens (tertiary/aromatic N) is 3. The van der Waals surface area contributed by atoms with Crippen molar-refractivity contribution >= 4 is 21.6 Å². The van der Waals surface area contributed by atoms with E-state index in [4.69, 9.17) is 9.47 Å². The fourth-order valence-electron chi connectivity index (χ4n) is 1.37. The number of nitro groups is 1. The number of benzene rings is 1. The minimum atomic E-state index is -0.540. The second kappa shape index (κ2) is 5.61. The molecule has 0 radical (unpaired) electrons. The van der Waals surface area contributed by atoms with Crippen LogP contribution in [0, 0.1) is 10.1 Å². The van der Waals surface area contributed by atoms with Crippen molar-refractivity contribution in [2.75, 3.05) is 7.11 Å². The van der Waals surface area contributed by atoms with Crippen molar-refractivity contribution in [2.45, 2.75) is 0 Å². The zero-order chi connectivity index (χ0) is 13.8. The summed E-state index contributed by atoms with van der Waals surface area (Å²) in [6, 6.07) is 5.84. The average Bonchev–Trinajstić information content (AvgIpc) is 2.38. The van der Waals surface area contributed by atoms with Gasteiger partial charge in [0.25, 0.3) is 0 Å². The largest absolute Gasteiger partial charge is 0.490 e. The molecule has 0 spiro atoms. The van der Waals surface area contributed by atoms with Crippen LogP contribution in [0.2, 0.25) is 0 Å². The molecule has 2 aromatic rings. The number of halogens is 1. The SMILES string of the molecule is COc1ccc(Oc2cc(Br)ncn2)cc1[N+](=O)[O-]. The zero-order valence-electron chi connectivity index (χ0n) is 9.74. The first kappa shape index (κ1) is 13.2. The van der Waals surface area contributed by atoms with Crippen molar-refractivity contribution in [3.05, 3.63) is 45.3 Å². The minimum Gasteiger partial charge on any atom is -0.490 e. The van der Waals surface area contributed by atoms with Gasteiger partial charge < -0.3 is 9.47 Å². The van der Waals surface area contributed by atoms with Crippen LogP contribution in [-0.4, -0.2) is 22.0 Å². The summed E-state index contributed by atoms with van der Waals surface area (Å²) >= 11 is 3.18. The van der Waals surface area contributed by atoms with E-state index >= 15 is 0 Å². The number of hydrogen-bond acceptors (Lipinski definition) is 6. The Bertz CT molecular complexity index is 621. The van der Waals surface area contributed by atoms with Gasteiger partial charge in [-0.05, 0) is 28.1 Å². The number of rotatable bonds is 4. The summed E-state index contributed by atoms with van der Waals surface area (Å²) in [6.07, 6.45) is 1.32. The molecule has 0 aliphatic heterocycles. The number of ether oxygens (including phenoxy) is 2. The molecule has 8 heteroatoms. The van der Waals surface area contributed by atoms with Gasteiger partial charge in [0.15, 0.2) is 5.75 Å². The highest BCUT2D eigenvalue weighted by Gasteiger charge is 2.16. The van der Waals surface area contributed by atoms with Crippen LogP contribution in [0.25, 0.3) is 0 Å².